The molecule has 0 spiro atoms. The Kier molecular flexibility index (Phi) is 7.16. The van der Waals surface area contributed by atoms with Gasteiger partial charge >= 0.3 is 12.0 Å². The highest BCUT2D eigenvalue weighted by Crippen LogP contribution is 2.38. The number of nitrogens with one attached hydrogen (secondary N) is 1. The molecule has 0 unspecified atom stereocenters. The minimum absolute atomic E-state index is 0.0602. The Morgan fingerprint density at radius 2 is 2.00 bits per heavy atom. The van der Waals surface area contributed by atoms with Crippen molar-refractivity contribution in [3.63, 3.8) is 0 Å². The van der Waals surface area contributed by atoms with Crippen molar-refractivity contribution in [3.05, 3.63) is 74.2 Å². The van der Waals surface area contributed by atoms with Gasteiger partial charge in [0.2, 0.25) is 0 Å². The van der Waals surface area contributed by atoms with E-state index >= 15 is 0 Å². The van der Waals surface area contributed by atoms with Gasteiger partial charge in [0.15, 0.2) is 0 Å². The molecule has 2 aromatic carbocycles. The molecule has 41 heavy (non-hydrogen) atoms. The van der Waals surface area contributed by atoms with Crippen molar-refractivity contribution in [2.75, 3.05) is 25.1 Å². The maximum Gasteiger partial charge on any atom is 0.410 e. The summed E-state index contributed by atoms with van der Waals surface area (Å²) in [6.07, 6.45) is 0.950. The number of hydrogen-bond donors (Lipinski definition) is 2. The van der Waals surface area contributed by atoms with Gasteiger partial charge in [0.25, 0.3) is 5.56 Å². The number of thiazole rings is 1. The number of hydrogen-bond acceptors (Lipinski definition) is 8. The van der Waals surface area contributed by atoms with Gasteiger partial charge in [-0.3, -0.25) is 9.36 Å². The van der Waals surface area contributed by atoms with E-state index in [4.69, 9.17) is 21.4 Å². The van der Waals surface area contributed by atoms with Crippen molar-refractivity contribution < 1.29 is 23.4 Å². The maximum atomic E-state index is 14.2. The van der Waals surface area contributed by atoms with E-state index in [1.165, 1.54) is 5.38 Å². The lowest BCUT2D eigenvalue weighted by molar-refractivity contribution is -0.0587. The Labute approximate surface area is 242 Å². The number of piperidine rings is 1. The number of halogens is 3. The SMILES string of the molecule is Cc1nc2cc(-c3nc(C(F)(F)CO)cs3)c(N[C@H]3CCN4C(=O)OC[C@@H]4C3)cc2c(=O)n1Cc1ccc(Cl)cc1. The zero-order valence-electron chi connectivity index (χ0n) is 21.9. The summed E-state index contributed by atoms with van der Waals surface area (Å²) in [6.45, 7) is 1.52. The first-order valence-corrected chi connectivity index (χ1v) is 14.3. The van der Waals surface area contributed by atoms with Gasteiger partial charge in [0, 0.05) is 34.2 Å². The number of fused-ring (bicyclic) bond motifs is 2. The zero-order chi connectivity index (χ0) is 28.9. The molecule has 9 nitrogen and oxygen atoms in total. The van der Waals surface area contributed by atoms with Gasteiger partial charge in [-0.25, -0.2) is 14.8 Å². The number of aryl methyl sites for hydroxylation is 1. The van der Waals surface area contributed by atoms with E-state index < -0.39 is 18.2 Å². The number of benzene rings is 2. The molecule has 1 amide bonds. The highest BCUT2D eigenvalue weighted by Gasteiger charge is 2.38. The molecule has 4 heterocycles. The molecule has 2 aliphatic rings. The van der Waals surface area contributed by atoms with E-state index in [-0.39, 0.29) is 23.7 Å². The summed E-state index contributed by atoms with van der Waals surface area (Å²) < 4.78 is 35.2. The first kappa shape index (κ1) is 27.6. The summed E-state index contributed by atoms with van der Waals surface area (Å²) in [5.74, 6) is -2.99. The third-order valence-electron chi connectivity index (χ3n) is 7.56. The lowest BCUT2D eigenvalue weighted by Crippen LogP contribution is -2.45. The quantitative estimate of drug-likeness (QED) is 0.306. The molecular formula is C28H26ClF2N5O4S. The normalized spacial score (nSPS) is 19.0. The van der Waals surface area contributed by atoms with Crippen LogP contribution in [0.25, 0.3) is 21.5 Å². The topological polar surface area (TPSA) is 110 Å². The summed E-state index contributed by atoms with van der Waals surface area (Å²) in [4.78, 5) is 36.2. The van der Waals surface area contributed by atoms with Crippen LogP contribution in [0.4, 0.5) is 19.3 Å². The summed E-state index contributed by atoms with van der Waals surface area (Å²) in [7, 11) is 0. The van der Waals surface area contributed by atoms with E-state index in [9.17, 15) is 18.4 Å². The summed E-state index contributed by atoms with van der Waals surface area (Å²) in [6, 6.07) is 10.5. The lowest BCUT2D eigenvalue weighted by atomic mass is 9.97. The van der Waals surface area contributed by atoms with E-state index in [1.807, 2.05) is 12.1 Å². The number of aliphatic hydroxyl groups is 1. The van der Waals surface area contributed by atoms with Crippen LogP contribution in [-0.2, 0) is 17.2 Å². The second kappa shape index (κ2) is 10.7. The number of aromatic nitrogens is 3. The van der Waals surface area contributed by atoms with Crippen molar-refractivity contribution in [2.45, 2.75) is 44.3 Å². The number of carbonyl (C=O) groups excluding carboxylic acids is 1. The molecule has 2 N–H and O–H groups in total. The van der Waals surface area contributed by atoms with Crippen LogP contribution in [0.3, 0.4) is 0 Å². The predicted molar refractivity (Wildman–Crippen MR) is 152 cm³/mol. The summed E-state index contributed by atoms with van der Waals surface area (Å²) >= 11 is 7.04. The van der Waals surface area contributed by atoms with Crippen LogP contribution >= 0.6 is 22.9 Å². The van der Waals surface area contributed by atoms with Crippen LogP contribution in [0.1, 0.15) is 29.9 Å². The van der Waals surface area contributed by atoms with Gasteiger partial charge in [0.1, 0.15) is 29.7 Å². The number of nitrogens with zero attached hydrogens (tertiary/aromatic N) is 4. The number of amides is 1. The molecule has 6 rings (SSSR count). The van der Waals surface area contributed by atoms with E-state index in [1.54, 1.807) is 40.7 Å². The largest absolute Gasteiger partial charge is 0.447 e. The Morgan fingerprint density at radius 1 is 1.22 bits per heavy atom. The molecule has 0 bridgehead atoms. The van der Waals surface area contributed by atoms with Crippen molar-refractivity contribution in [2.24, 2.45) is 0 Å². The van der Waals surface area contributed by atoms with Crippen molar-refractivity contribution in [1.82, 2.24) is 19.4 Å². The minimum atomic E-state index is -3.48. The van der Waals surface area contributed by atoms with Gasteiger partial charge in [-0.05, 0) is 49.6 Å². The number of ether oxygens (including phenoxy) is 1. The number of anilines is 1. The van der Waals surface area contributed by atoms with Crippen LogP contribution in [0.2, 0.25) is 5.02 Å². The standard InChI is InChI=1S/C28H26ClF2N5O4S/c1-15-32-23-9-20(25-34-24(13-41-25)28(30,31)14-37)22(33-18-6-7-35-19(8-18)12-40-27(35)39)10-21(23)26(38)36(15)11-16-2-4-17(29)5-3-16/h2-5,9-10,13,18-19,33,37H,6-8,11-12,14H2,1H3/t18-,19-/m0/s1. The van der Waals surface area contributed by atoms with Gasteiger partial charge in [-0.1, -0.05) is 23.7 Å². The predicted octanol–water partition coefficient (Wildman–Crippen LogP) is 5.01. The molecule has 4 aromatic rings. The van der Waals surface area contributed by atoms with Crippen molar-refractivity contribution in [1.29, 1.82) is 0 Å². The van der Waals surface area contributed by atoms with Crippen LogP contribution in [0.5, 0.6) is 0 Å². The first-order chi connectivity index (χ1) is 19.6. The molecule has 13 heteroatoms. The number of aliphatic hydroxyl groups excluding tert-OH is 1. The van der Waals surface area contributed by atoms with Crippen molar-refractivity contribution >= 4 is 45.6 Å². The van der Waals surface area contributed by atoms with Crippen LogP contribution in [-0.4, -0.2) is 62.5 Å². The van der Waals surface area contributed by atoms with E-state index in [2.05, 4.69) is 15.3 Å². The molecule has 0 aliphatic carbocycles. The number of alkyl halides is 2. The monoisotopic (exact) mass is 601 g/mol. The third-order valence-corrected chi connectivity index (χ3v) is 8.68. The molecular weight excluding hydrogens is 576 g/mol. The zero-order valence-corrected chi connectivity index (χ0v) is 23.5. The van der Waals surface area contributed by atoms with Crippen molar-refractivity contribution in [3.8, 4) is 10.6 Å². The van der Waals surface area contributed by atoms with Crippen LogP contribution in [0, 0.1) is 6.92 Å². The highest BCUT2D eigenvalue weighted by atomic mass is 35.5. The molecule has 214 valence electrons. The van der Waals surface area contributed by atoms with E-state index in [0.717, 1.165) is 16.9 Å². The molecule has 2 saturated heterocycles. The Bertz CT molecular complexity index is 1690. The maximum absolute atomic E-state index is 14.2. The van der Waals surface area contributed by atoms with E-state index in [0.29, 0.717) is 70.5 Å². The molecule has 0 saturated carbocycles. The fourth-order valence-corrected chi connectivity index (χ4v) is 6.35. The smallest absolute Gasteiger partial charge is 0.410 e. The average Bonchev–Trinajstić information content (AvgIpc) is 3.60. The van der Waals surface area contributed by atoms with Gasteiger partial charge in [-0.15, -0.1) is 11.3 Å². The number of cyclic esters (lactones) is 1. The van der Waals surface area contributed by atoms with Gasteiger partial charge in [0.05, 0.1) is 23.5 Å². The molecule has 2 aromatic heterocycles. The Balaban J connectivity index is 1.42. The second-order valence-electron chi connectivity index (χ2n) is 10.3. The highest BCUT2D eigenvalue weighted by molar-refractivity contribution is 7.13. The van der Waals surface area contributed by atoms with Crippen LogP contribution < -0.4 is 10.9 Å². The second-order valence-corrected chi connectivity index (χ2v) is 11.6. The molecule has 0 radical (unpaired) electrons. The fraction of sp³-hybridized carbons (Fsp3) is 0.357. The molecule has 2 aliphatic heterocycles. The summed E-state index contributed by atoms with van der Waals surface area (Å²) in [5.41, 5.74) is 1.60. The first-order valence-electron chi connectivity index (χ1n) is 13.1. The fourth-order valence-electron chi connectivity index (χ4n) is 5.33. The average molecular weight is 602 g/mol. The van der Waals surface area contributed by atoms with Crippen LogP contribution in [0.15, 0.2) is 46.6 Å². The Morgan fingerprint density at radius 3 is 2.76 bits per heavy atom. The van der Waals surface area contributed by atoms with Gasteiger partial charge < -0.3 is 20.1 Å². The number of carbonyl (C=O) groups is 1. The number of rotatable bonds is 7. The minimum Gasteiger partial charge on any atom is -0.447 e. The summed E-state index contributed by atoms with van der Waals surface area (Å²) in [5, 5.41) is 15.1. The molecule has 2 fully saturated rings. The third kappa shape index (κ3) is 5.27. The lowest BCUT2D eigenvalue weighted by Gasteiger charge is -2.33. The van der Waals surface area contributed by atoms with Gasteiger partial charge in [-0.2, -0.15) is 8.78 Å². The Hall–Kier alpha value is -3.61. The molecule has 2 atom stereocenters.